The number of rotatable bonds is 4. The average Bonchev–Trinajstić information content (AvgIpc) is 2.41. The average molecular weight is 307 g/mol. The number of benzene rings is 2. The Kier molecular flexibility index (Phi) is 4.12. The summed E-state index contributed by atoms with van der Waals surface area (Å²) >= 11 is 3.35. The van der Waals surface area contributed by atoms with Crippen LogP contribution in [-0.2, 0) is 6.61 Å². The van der Waals surface area contributed by atoms with Gasteiger partial charge in [-0.15, -0.1) is 0 Å². The maximum absolute atomic E-state index is 10.6. The standard InChI is InChI=1S/C14H11BrO3/c15-13-7-11(9-17)4-5-14(13)18-12-3-1-2-10(6-12)8-16/h1-7,9,16H,8H2. The van der Waals surface area contributed by atoms with Crippen LogP contribution in [0, 0.1) is 0 Å². The van der Waals surface area contributed by atoms with Crippen molar-refractivity contribution in [3.8, 4) is 11.5 Å². The van der Waals surface area contributed by atoms with Crippen LogP contribution in [-0.4, -0.2) is 11.4 Å². The van der Waals surface area contributed by atoms with E-state index in [1.807, 2.05) is 12.1 Å². The molecule has 92 valence electrons. The van der Waals surface area contributed by atoms with Crippen molar-refractivity contribution in [3.05, 3.63) is 58.1 Å². The zero-order valence-corrected chi connectivity index (χ0v) is 11.1. The van der Waals surface area contributed by atoms with Gasteiger partial charge in [0.15, 0.2) is 0 Å². The van der Waals surface area contributed by atoms with Gasteiger partial charge in [-0.25, -0.2) is 0 Å². The first kappa shape index (κ1) is 12.8. The molecule has 0 spiro atoms. The molecule has 0 heterocycles. The molecule has 0 saturated carbocycles. The maximum atomic E-state index is 10.6. The molecule has 4 heteroatoms. The number of hydrogen-bond acceptors (Lipinski definition) is 3. The highest BCUT2D eigenvalue weighted by molar-refractivity contribution is 9.10. The lowest BCUT2D eigenvalue weighted by Gasteiger charge is -2.09. The SMILES string of the molecule is O=Cc1ccc(Oc2cccc(CO)c2)c(Br)c1. The second-order valence-electron chi connectivity index (χ2n) is 3.72. The molecule has 0 atom stereocenters. The largest absolute Gasteiger partial charge is 0.456 e. The number of aliphatic hydroxyl groups excluding tert-OH is 1. The van der Waals surface area contributed by atoms with Gasteiger partial charge in [-0.1, -0.05) is 12.1 Å². The smallest absolute Gasteiger partial charge is 0.150 e. The van der Waals surface area contributed by atoms with Crippen LogP contribution < -0.4 is 4.74 Å². The Morgan fingerprint density at radius 1 is 1.22 bits per heavy atom. The van der Waals surface area contributed by atoms with Gasteiger partial charge in [0, 0.05) is 5.56 Å². The molecule has 3 nitrogen and oxygen atoms in total. The van der Waals surface area contributed by atoms with Crippen LogP contribution in [0.2, 0.25) is 0 Å². The van der Waals surface area contributed by atoms with E-state index in [0.717, 1.165) is 11.8 Å². The predicted molar refractivity (Wildman–Crippen MR) is 72.0 cm³/mol. The zero-order valence-electron chi connectivity index (χ0n) is 9.47. The van der Waals surface area contributed by atoms with Crippen molar-refractivity contribution in [1.29, 1.82) is 0 Å². The Bertz CT molecular complexity index is 567. The molecule has 0 fully saturated rings. The Hall–Kier alpha value is -1.65. The minimum Gasteiger partial charge on any atom is -0.456 e. The van der Waals surface area contributed by atoms with Crippen LogP contribution in [0.3, 0.4) is 0 Å². The van der Waals surface area contributed by atoms with Gasteiger partial charge in [0.25, 0.3) is 0 Å². The fraction of sp³-hybridized carbons (Fsp3) is 0.0714. The summed E-state index contributed by atoms with van der Waals surface area (Å²) in [6.07, 6.45) is 0.779. The second-order valence-corrected chi connectivity index (χ2v) is 4.57. The summed E-state index contributed by atoms with van der Waals surface area (Å²) in [7, 11) is 0. The van der Waals surface area contributed by atoms with Crippen molar-refractivity contribution in [1.82, 2.24) is 0 Å². The quantitative estimate of drug-likeness (QED) is 0.879. The molecule has 0 amide bonds. The molecule has 0 aliphatic rings. The zero-order chi connectivity index (χ0) is 13.0. The lowest BCUT2D eigenvalue weighted by Crippen LogP contribution is -1.89. The Balaban J connectivity index is 2.25. The van der Waals surface area contributed by atoms with Crippen molar-refractivity contribution in [2.75, 3.05) is 0 Å². The first-order valence-electron chi connectivity index (χ1n) is 5.35. The monoisotopic (exact) mass is 306 g/mol. The highest BCUT2D eigenvalue weighted by Crippen LogP contribution is 2.30. The lowest BCUT2D eigenvalue weighted by atomic mass is 10.2. The Morgan fingerprint density at radius 2 is 2.06 bits per heavy atom. The molecule has 0 bridgehead atoms. The molecule has 2 aromatic rings. The third kappa shape index (κ3) is 2.97. The molecule has 0 aromatic heterocycles. The summed E-state index contributed by atoms with van der Waals surface area (Å²) in [6.45, 7) is -0.0253. The van der Waals surface area contributed by atoms with E-state index >= 15 is 0 Å². The van der Waals surface area contributed by atoms with Gasteiger partial charge in [0.1, 0.15) is 17.8 Å². The van der Waals surface area contributed by atoms with Crippen molar-refractivity contribution in [2.24, 2.45) is 0 Å². The summed E-state index contributed by atoms with van der Waals surface area (Å²) in [5.41, 5.74) is 1.37. The first-order chi connectivity index (χ1) is 8.72. The third-order valence-corrected chi connectivity index (χ3v) is 3.02. The molecule has 0 radical (unpaired) electrons. The fourth-order valence-corrected chi connectivity index (χ4v) is 1.98. The predicted octanol–water partition coefficient (Wildman–Crippen LogP) is 3.55. The highest BCUT2D eigenvalue weighted by atomic mass is 79.9. The third-order valence-electron chi connectivity index (χ3n) is 2.40. The van der Waals surface area contributed by atoms with E-state index in [0.29, 0.717) is 21.5 Å². The summed E-state index contributed by atoms with van der Waals surface area (Å²) in [5.74, 6) is 1.26. The Labute approximate surface area is 113 Å². The summed E-state index contributed by atoms with van der Waals surface area (Å²) in [6, 6.07) is 12.3. The van der Waals surface area contributed by atoms with Gasteiger partial charge in [-0.2, -0.15) is 0 Å². The minimum absolute atomic E-state index is 0.0253. The van der Waals surface area contributed by atoms with Crippen molar-refractivity contribution in [3.63, 3.8) is 0 Å². The number of aliphatic hydroxyl groups is 1. The van der Waals surface area contributed by atoms with E-state index in [4.69, 9.17) is 9.84 Å². The maximum Gasteiger partial charge on any atom is 0.150 e. The normalized spacial score (nSPS) is 10.1. The van der Waals surface area contributed by atoms with Crippen molar-refractivity contribution in [2.45, 2.75) is 6.61 Å². The van der Waals surface area contributed by atoms with Gasteiger partial charge >= 0.3 is 0 Å². The van der Waals surface area contributed by atoms with Crippen LogP contribution in [0.15, 0.2) is 46.9 Å². The summed E-state index contributed by atoms with van der Waals surface area (Å²) < 4.78 is 6.39. The molecule has 0 saturated heterocycles. The number of halogens is 1. The van der Waals surface area contributed by atoms with Crippen LogP contribution in [0.5, 0.6) is 11.5 Å². The van der Waals surface area contributed by atoms with Crippen LogP contribution in [0.1, 0.15) is 15.9 Å². The topological polar surface area (TPSA) is 46.5 Å². The number of hydrogen-bond donors (Lipinski definition) is 1. The van der Waals surface area contributed by atoms with Crippen molar-refractivity contribution >= 4 is 22.2 Å². The van der Waals surface area contributed by atoms with E-state index in [9.17, 15) is 4.79 Å². The number of carbonyl (C=O) groups is 1. The first-order valence-corrected chi connectivity index (χ1v) is 6.14. The molecule has 0 aliphatic carbocycles. The van der Waals surface area contributed by atoms with E-state index in [-0.39, 0.29) is 6.61 Å². The van der Waals surface area contributed by atoms with Crippen LogP contribution in [0.4, 0.5) is 0 Å². The highest BCUT2D eigenvalue weighted by Gasteiger charge is 2.04. The molecule has 18 heavy (non-hydrogen) atoms. The van der Waals surface area contributed by atoms with E-state index < -0.39 is 0 Å². The lowest BCUT2D eigenvalue weighted by molar-refractivity contribution is 0.112. The van der Waals surface area contributed by atoms with Gasteiger partial charge in [0.2, 0.25) is 0 Å². The molecular weight excluding hydrogens is 296 g/mol. The van der Waals surface area contributed by atoms with Gasteiger partial charge in [-0.3, -0.25) is 4.79 Å². The molecular formula is C14H11BrO3. The van der Waals surface area contributed by atoms with E-state index in [1.165, 1.54) is 0 Å². The number of carbonyl (C=O) groups excluding carboxylic acids is 1. The molecule has 1 N–H and O–H groups in total. The minimum atomic E-state index is -0.0253. The summed E-state index contributed by atoms with van der Waals surface area (Å²) in [5, 5.41) is 9.05. The molecule has 0 aliphatic heterocycles. The summed E-state index contributed by atoms with van der Waals surface area (Å²) in [4.78, 5) is 10.6. The second kappa shape index (κ2) is 5.80. The van der Waals surface area contributed by atoms with E-state index in [2.05, 4.69) is 15.9 Å². The van der Waals surface area contributed by atoms with Gasteiger partial charge in [0.05, 0.1) is 11.1 Å². The van der Waals surface area contributed by atoms with Gasteiger partial charge in [-0.05, 0) is 51.8 Å². The number of ether oxygens (including phenoxy) is 1. The Morgan fingerprint density at radius 3 is 2.72 bits per heavy atom. The van der Waals surface area contributed by atoms with E-state index in [1.54, 1.807) is 30.3 Å². The van der Waals surface area contributed by atoms with Gasteiger partial charge < -0.3 is 9.84 Å². The molecule has 0 unspecified atom stereocenters. The molecule has 2 rings (SSSR count). The fourth-order valence-electron chi connectivity index (χ4n) is 1.51. The van der Waals surface area contributed by atoms with Crippen LogP contribution >= 0.6 is 15.9 Å². The molecule has 2 aromatic carbocycles. The van der Waals surface area contributed by atoms with Crippen LogP contribution in [0.25, 0.3) is 0 Å². The van der Waals surface area contributed by atoms with Crippen molar-refractivity contribution < 1.29 is 14.6 Å². The number of aldehydes is 1.